The highest BCUT2D eigenvalue weighted by Crippen LogP contribution is 2.34. The third kappa shape index (κ3) is 13.7. The minimum absolute atomic E-state index is 0.0835. The maximum atomic E-state index is 14.3. The Morgan fingerprint density at radius 3 is 1.77 bits per heavy atom. The molecule has 8 N–H and O–H groups in total. The van der Waals surface area contributed by atoms with Gasteiger partial charge in [-0.05, 0) is 90.4 Å². The number of nitrogens with one attached hydrogen (secondary N) is 6. The standard InChI is InChI=1S/C52H74N14O7/c1-33(54-3)47(67)57-39-21-13-11-19-37-23-25-43(65(37)51(39)71)49(69)59-45(35-15-7-5-8-16-35)41(61-53)31-56-27-29-73-30-28-64-32-42(62-63-64)46(36-17-9-6-10-18-36)60-50(70)44-26-24-38-20-12-14-22-40(52(72)66(38)44)58-48(68)34(2)55-4/h5-10,15-18,31-34,37-40,43-46,54-55H,11-14,19-30,53H2,1-4H3,(H,57,67)(H,58,68)(H,59,69)(H,60,70)/t33-,34-,37-,38-,39-,40-,43-,44-,45-,46-/m0/s1. The minimum Gasteiger partial charge on any atom is -0.378 e. The van der Waals surface area contributed by atoms with E-state index in [0.29, 0.717) is 56.5 Å². The third-order valence-electron chi connectivity index (χ3n) is 14.8. The van der Waals surface area contributed by atoms with Gasteiger partial charge in [0.2, 0.25) is 35.4 Å². The zero-order chi connectivity index (χ0) is 51.9. The SMILES string of the molecule is CN[C@@H](C)C(=O)N[C@H]1CCCC[C@H]2CC[C@@H](C(=O)N[C@@H](c3ccccc3)c3cn(CCOCCN=CC(=NN)[C@@H](NC(=O)[C@@H]4CC[C@@H]5CCCC[C@H](NC(=O)[C@H](C)NC)C(=O)N54)c4ccccc4)nn3)N2C1=O. The summed E-state index contributed by atoms with van der Waals surface area (Å²) in [6.45, 7) is 4.63. The lowest BCUT2D eigenvalue weighted by atomic mass is 9.98. The Labute approximate surface area is 427 Å². The Balaban J connectivity index is 0.940. The van der Waals surface area contributed by atoms with Gasteiger partial charge in [0.25, 0.3) is 0 Å². The molecule has 10 atom stereocenters. The highest BCUT2D eigenvalue weighted by molar-refractivity contribution is 6.33. The number of amides is 6. The number of nitrogens with two attached hydrogens (primary N) is 1. The van der Waals surface area contributed by atoms with E-state index in [4.69, 9.17) is 10.6 Å². The molecular weight excluding hydrogens is 933 g/mol. The first-order chi connectivity index (χ1) is 35.4. The summed E-state index contributed by atoms with van der Waals surface area (Å²) in [6, 6.07) is 13.4. The molecule has 0 spiro atoms. The van der Waals surface area contributed by atoms with Crippen LogP contribution in [-0.4, -0.2) is 154 Å². The van der Waals surface area contributed by atoms with E-state index < -0.39 is 48.3 Å². The number of rotatable bonds is 21. The summed E-state index contributed by atoms with van der Waals surface area (Å²) in [5, 5.41) is 30.8. The molecule has 6 amide bonds. The molecule has 4 saturated heterocycles. The van der Waals surface area contributed by atoms with E-state index in [2.05, 4.69) is 52.3 Å². The quantitative estimate of drug-likeness (QED) is 0.0349. The molecule has 0 saturated carbocycles. The number of carbonyl (C=O) groups is 6. The number of carbonyl (C=O) groups excluding carboxylic acids is 6. The van der Waals surface area contributed by atoms with Crippen molar-refractivity contribution in [2.75, 3.05) is 33.9 Å². The molecule has 21 heteroatoms. The molecule has 0 unspecified atom stereocenters. The molecule has 3 aromatic rings. The first-order valence-electron chi connectivity index (χ1n) is 26.0. The number of aliphatic imine (C=N–C) groups is 1. The first kappa shape index (κ1) is 54.2. The molecular formula is C52H74N14O7. The van der Waals surface area contributed by atoms with Gasteiger partial charge < -0.3 is 52.3 Å². The van der Waals surface area contributed by atoms with Crippen molar-refractivity contribution in [2.45, 2.75) is 158 Å². The summed E-state index contributed by atoms with van der Waals surface area (Å²) < 4.78 is 7.58. The predicted molar refractivity (Wildman–Crippen MR) is 275 cm³/mol. The van der Waals surface area contributed by atoms with Crippen molar-refractivity contribution in [2.24, 2.45) is 15.9 Å². The highest BCUT2D eigenvalue weighted by atomic mass is 16.5. The van der Waals surface area contributed by atoms with E-state index in [1.54, 1.807) is 48.6 Å². The van der Waals surface area contributed by atoms with Crippen molar-refractivity contribution in [3.8, 4) is 0 Å². The van der Waals surface area contributed by atoms with Gasteiger partial charge in [0, 0.05) is 18.3 Å². The maximum Gasteiger partial charge on any atom is 0.246 e. The van der Waals surface area contributed by atoms with E-state index in [1.807, 2.05) is 60.7 Å². The maximum absolute atomic E-state index is 14.3. The second-order valence-electron chi connectivity index (χ2n) is 19.5. The summed E-state index contributed by atoms with van der Waals surface area (Å²) >= 11 is 0. The van der Waals surface area contributed by atoms with Gasteiger partial charge in [-0.2, -0.15) is 5.10 Å². The van der Waals surface area contributed by atoms with Crippen LogP contribution >= 0.6 is 0 Å². The topological polar surface area (TPSA) is 272 Å². The molecule has 394 valence electrons. The van der Waals surface area contributed by atoms with Crippen LogP contribution < -0.4 is 37.7 Å². The molecule has 4 aliphatic heterocycles. The van der Waals surface area contributed by atoms with Crippen molar-refractivity contribution in [3.05, 3.63) is 83.7 Å². The van der Waals surface area contributed by atoms with Crippen LogP contribution in [0.25, 0.3) is 0 Å². The monoisotopic (exact) mass is 1010 g/mol. The van der Waals surface area contributed by atoms with Crippen LogP contribution in [0.1, 0.15) is 120 Å². The van der Waals surface area contributed by atoms with Crippen molar-refractivity contribution < 1.29 is 33.5 Å². The van der Waals surface area contributed by atoms with Crippen molar-refractivity contribution in [3.63, 3.8) is 0 Å². The van der Waals surface area contributed by atoms with E-state index in [1.165, 1.54) is 6.21 Å². The van der Waals surface area contributed by atoms with Gasteiger partial charge in [0.15, 0.2) is 0 Å². The fourth-order valence-corrected chi connectivity index (χ4v) is 10.4. The Morgan fingerprint density at radius 1 is 0.712 bits per heavy atom. The zero-order valence-electron chi connectivity index (χ0n) is 42.6. The number of hydrogen-bond acceptors (Lipinski definition) is 14. The van der Waals surface area contributed by atoms with Crippen LogP contribution in [0.5, 0.6) is 0 Å². The molecule has 2 aromatic carbocycles. The number of nitrogens with zero attached hydrogens (tertiary/aromatic N) is 7. The molecule has 0 bridgehead atoms. The zero-order valence-corrected chi connectivity index (χ0v) is 42.6. The number of aromatic nitrogens is 3. The van der Waals surface area contributed by atoms with Gasteiger partial charge >= 0.3 is 0 Å². The van der Waals surface area contributed by atoms with Crippen LogP contribution in [0.15, 0.2) is 77.0 Å². The number of benzene rings is 2. The highest BCUT2D eigenvalue weighted by Gasteiger charge is 2.46. The van der Waals surface area contributed by atoms with Crippen LogP contribution in [0.2, 0.25) is 0 Å². The van der Waals surface area contributed by atoms with Gasteiger partial charge in [-0.15, -0.1) is 5.10 Å². The Bertz CT molecular complexity index is 2400. The molecule has 4 fully saturated rings. The fraction of sp³-hybridized carbons (Fsp3) is 0.577. The van der Waals surface area contributed by atoms with Gasteiger partial charge in [0.1, 0.15) is 35.6 Å². The number of likely N-dealkylation sites (N-methyl/N-ethyl adjacent to an activating group) is 2. The van der Waals surface area contributed by atoms with Gasteiger partial charge in [-0.3, -0.25) is 33.8 Å². The molecule has 4 aliphatic rings. The normalized spacial score (nSPS) is 24.2. The molecule has 73 heavy (non-hydrogen) atoms. The van der Waals surface area contributed by atoms with Crippen LogP contribution in [0.3, 0.4) is 0 Å². The van der Waals surface area contributed by atoms with E-state index in [-0.39, 0.29) is 67.3 Å². The average molecular weight is 1010 g/mol. The van der Waals surface area contributed by atoms with Crippen LogP contribution in [0, 0.1) is 0 Å². The lowest BCUT2D eigenvalue weighted by Crippen LogP contribution is -2.58. The minimum atomic E-state index is -0.763. The second-order valence-corrected chi connectivity index (χ2v) is 19.5. The van der Waals surface area contributed by atoms with Crippen LogP contribution in [0.4, 0.5) is 0 Å². The Kier molecular flexibility index (Phi) is 19.6. The molecule has 1 aromatic heterocycles. The van der Waals surface area contributed by atoms with Gasteiger partial charge in [-0.25, -0.2) is 4.68 Å². The second kappa shape index (κ2) is 26.4. The van der Waals surface area contributed by atoms with E-state index >= 15 is 0 Å². The summed E-state index contributed by atoms with van der Waals surface area (Å²) in [5.74, 6) is 4.35. The number of hydrogen-bond donors (Lipinski definition) is 7. The van der Waals surface area contributed by atoms with Gasteiger partial charge in [-0.1, -0.05) is 91.6 Å². The van der Waals surface area contributed by atoms with Crippen molar-refractivity contribution in [1.29, 1.82) is 0 Å². The fourth-order valence-electron chi connectivity index (χ4n) is 10.4. The van der Waals surface area contributed by atoms with Crippen molar-refractivity contribution in [1.82, 2.24) is 56.7 Å². The van der Waals surface area contributed by atoms with E-state index in [0.717, 1.165) is 49.7 Å². The average Bonchev–Trinajstić information content (AvgIpc) is 4.17. The summed E-state index contributed by atoms with van der Waals surface area (Å²) in [4.78, 5) is 90.3. The summed E-state index contributed by atoms with van der Waals surface area (Å²) in [5.41, 5.74) is 2.36. The Hall–Kier alpha value is -6.58. The number of hydrazone groups is 1. The Morgan fingerprint density at radius 2 is 1.23 bits per heavy atom. The lowest BCUT2D eigenvalue weighted by Gasteiger charge is -2.36. The molecule has 21 nitrogen and oxygen atoms in total. The molecule has 0 radical (unpaired) electrons. The van der Waals surface area contributed by atoms with E-state index in [9.17, 15) is 28.8 Å². The largest absolute Gasteiger partial charge is 0.378 e. The van der Waals surface area contributed by atoms with Crippen molar-refractivity contribution >= 4 is 47.4 Å². The third-order valence-corrected chi connectivity index (χ3v) is 14.8. The smallest absolute Gasteiger partial charge is 0.246 e. The van der Waals surface area contributed by atoms with Gasteiger partial charge in [0.05, 0.1) is 56.7 Å². The summed E-state index contributed by atoms with van der Waals surface area (Å²) in [6.07, 6.45) is 11.7. The molecule has 0 aliphatic carbocycles. The molecule has 7 rings (SSSR count). The first-order valence-corrected chi connectivity index (χ1v) is 26.0. The molecule has 5 heterocycles. The lowest BCUT2D eigenvalue weighted by molar-refractivity contribution is -0.144. The predicted octanol–water partition coefficient (Wildman–Crippen LogP) is 1.80. The van der Waals surface area contributed by atoms with Crippen LogP contribution in [-0.2, 0) is 40.0 Å². The number of ether oxygens (including phenoxy) is 1. The number of fused-ring (bicyclic) bond motifs is 2. The summed E-state index contributed by atoms with van der Waals surface area (Å²) in [7, 11) is 3.38.